The van der Waals surface area contributed by atoms with E-state index < -0.39 is 16.1 Å². The van der Waals surface area contributed by atoms with E-state index in [1.165, 1.54) is 0 Å². The van der Waals surface area contributed by atoms with E-state index in [9.17, 15) is 13.2 Å². The third-order valence-electron chi connectivity index (χ3n) is 4.28. The van der Waals surface area contributed by atoms with E-state index in [1.807, 2.05) is 19.9 Å². The van der Waals surface area contributed by atoms with Crippen molar-refractivity contribution in [3.63, 3.8) is 0 Å². The fourth-order valence-corrected chi connectivity index (χ4v) is 3.91. The summed E-state index contributed by atoms with van der Waals surface area (Å²) in [7, 11) is -3.80. The van der Waals surface area contributed by atoms with Gasteiger partial charge in [0.05, 0.1) is 4.90 Å². The molecule has 2 aromatic rings. The van der Waals surface area contributed by atoms with E-state index in [2.05, 4.69) is 15.0 Å². The van der Waals surface area contributed by atoms with Gasteiger partial charge in [0.25, 0.3) is 0 Å². The van der Waals surface area contributed by atoms with Crippen LogP contribution >= 0.6 is 0 Å². The third-order valence-corrected chi connectivity index (χ3v) is 5.73. The maximum atomic E-state index is 12.7. The maximum absolute atomic E-state index is 12.7. The van der Waals surface area contributed by atoms with Gasteiger partial charge in [-0.15, -0.1) is 0 Å². The normalized spacial score (nSPS) is 13.0. The van der Waals surface area contributed by atoms with E-state index in [0.29, 0.717) is 12.5 Å². The van der Waals surface area contributed by atoms with E-state index >= 15 is 0 Å². The number of rotatable bonds is 8. The van der Waals surface area contributed by atoms with Crippen molar-refractivity contribution >= 4 is 15.9 Å². The van der Waals surface area contributed by atoms with Crippen LogP contribution < -0.4 is 10.0 Å². The van der Waals surface area contributed by atoms with Crippen molar-refractivity contribution in [2.75, 3.05) is 0 Å². The minimum Gasteiger partial charge on any atom is -0.351 e. The Balaban J connectivity index is 2.10. The zero-order valence-corrected chi connectivity index (χ0v) is 17.0. The van der Waals surface area contributed by atoms with Crippen LogP contribution in [0.5, 0.6) is 0 Å². The van der Waals surface area contributed by atoms with Gasteiger partial charge < -0.3 is 5.32 Å². The monoisotopic (exact) mass is 389 g/mol. The van der Waals surface area contributed by atoms with E-state index in [4.69, 9.17) is 0 Å². The molecule has 0 unspecified atom stereocenters. The first-order valence-corrected chi connectivity index (χ1v) is 10.5. The Hall–Kier alpha value is -2.25. The van der Waals surface area contributed by atoms with Gasteiger partial charge in [-0.1, -0.05) is 45.9 Å². The van der Waals surface area contributed by atoms with Gasteiger partial charge in [0.2, 0.25) is 15.9 Å². The molecule has 7 heteroatoms. The summed E-state index contributed by atoms with van der Waals surface area (Å²) in [5.41, 5.74) is 1.91. The molecule has 27 heavy (non-hydrogen) atoms. The summed E-state index contributed by atoms with van der Waals surface area (Å²) < 4.78 is 27.9. The SMILES string of the molecule is CC(C)c1ccc(S(=O)(=O)N[C@H](C(=O)NCc2cccnc2)C(C)C)cc1. The molecular formula is C20H27N3O3S. The minimum atomic E-state index is -3.80. The molecule has 0 aliphatic carbocycles. The molecule has 0 aliphatic heterocycles. The standard InChI is InChI=1S/C20H27N3O3S/c1-14(2)17-7-9-18(10-8-17)27(25,26)23-19(15(3)4)20(24)22-13-16-6-5-11-21-12-16/h5-12,14-15,19,23H,13H2,1-4H3,(H,22,24)/t19-/m0/s1. The molecule has 0 spiro atoms. The number of carbonyl (C=O) groups excluding carboxylic acids is 1. The van der Waals surface area contributed by atoms with Crippen molar-refractivity contribution in [1.82, 2.24) is 15.0 Å². The van der Waals surface area contributed by atoms with Gasteiger partial charge in [-0.2, -0.15) is 4.72 Å². The fourth-order valence-electron chi connectivity index (χ4n) is 2.56. The topological polar surface area (TPSA) is 88.2 Å². The Kier molecular flexibility index (Phi) is 7.10. The number of sulfonamides is 1. The van der Waals surface area contributed by atoms with E-state index in [0.717, 1.165) is 11.1 Å². The van der Waals surface area contributed by atoms with Gasteiger partial charge in [0.15, 0.2) is 0 Å². The van der Waals surface area contributed by atoms with Gasteiger partial charge in [0.1, 0.15) is 6.04 Å². The third kappa shape index (κ3) is 5.87. The van der Waals surface area contributed by atoms with Crippen LogP contribution in [-0.2, 0) is 21.4 Å². The zero-order valence-electron chi connectivity index (χ0n) is 16.1. The van der Waals surface area contributed by atoms with Crippen molar-refractivity contribution in [2.24, 2.45) is 5.92 Å². The predicted molar refractivity (Wildman–Crippen MR) is 106 cm³/mol. The summed E-state index contributed by atoms with van der Waals surface area (Å²) in [5.74, 6) is -0.254. The van der Waals surface area contributed by atoms with Gasteiger partial charge >= 0.3 is 0 Å². The molecule has 1 atom stereocenters. The van der Waals surface area contributed by atoms with Crippen LogP contribution in [0.3, 0.4) is 0 Å². The number of hydrogen-bond donors (Lipinski definition) is 2. The Morgan fingerprint density at radius 2 is 1.74 bits per heavy atom. The summed E-state index contributed by atoms with van der Waals surface area (Å²) in [6, 6.07) is 9.50. The number of nitrogens with one attached hydrogen (secondary N) is 2. The fraction of sp³-hybridized carbons (Fsp3) is 0.400. The average Bonchev–Trinajstić information content (AvgIpc) is 2.65. The highest BCUT2D eigenvalue weighted by Gasteiger charge is 2.28. The molecule has 0 aliphatic rings. The molecule has 1 amide bonds. The Labute approximate surface area is 161 Å². The molecule has 1 aromatic heterocycles. The smallest absolute Gasteiger partial charge is 0.241 e. The lowest BCUT2D eigenvalue weighted by Crippen LogP contribution is -2.49. The van der Waals surface area contributed by atoms with Crippen LogP contribution in [0, 0.1) is 5.92 Å². The summed E-state index contributed by atoms with van der Waals surface area (Å²) >= 11 is 0. The highest BCUT2D eigenvalue weighted by atomic mass is 32.2. The predicted octanol–water partition coefficient (Wildman–Crippen LogP) is 2.82. The molecule has 2 rings (SSSR count). The van der Waals surface area contributed by atoms with Crippen molar-refractivity contribution in [2.45, 2.75) is 51.1 Å². The summed E-state index contributed by atoms with van der Waals surface area (Å²) in [6.07, 6.45) is 3.31. The van der Waals surface area contributed by atoms with Crippen LogP contribution in [0.1, 0.15) is 44.7 Å². The molecule has 0 radical (unpaired) electrons. The first-order chi connectivity index (χ1) is 12.7. The summed E-state index contributed by atoms with van der Waals surface area (Å²) in [6.45, 7) is 7.99. The van der Waals surface area contributed by atoms with Crippen molar-refractivity contribution in [3.05, 3.63) is 59.9 Å². The molecule has 0 fully saturated rings. The number of amides is 1. The largest absolute Gasteiger partial charge is 0.351 e. The van der Waals surface area contributed by atoms with E-state index in [1.54, 1.807) is 56.6 Å². The average molecular weight is 390 g/mol. The van der Waals surface area contributed by atoms with Crippen LogP contribution in [0.4, 0.5) is 0 Å². The highest BCUT2D eigenvalue weighted by Crippen LogP contribution is 2.18. The van der Waals surface area contributed by atoms with Gasteiger partial charge in [0, 0.05) is 18.9 Å². The molecule has 146 valence electrons. The minimum absolute atomic E-state index is 0.151. The lowest BCUT2D eigenvalue weighted by molar-refractivity contribution is -0.123. The lowest BCUT2D eigenvalue weighted by Gasteiger charge is -2.22. The summed E-state index contributed by atoms with van der Waals surface area (Å²) in [5, 5.41) is 2.77. The second-order valence-electron chi connectivity index (χ2n) is 7.15. The number of carbonyl (C=O) groups is 1. The van der Waals surface area contributed by atoms with Crippen molar-refractivity contribution < 1.29 is 13.2 Å². The number of benzene rings is 1. The molecule has 2 N–H and O–H groups in total. The van der Waals surface area contributed by atoms with Gasteiger partial charge in [-0.05, 0) is 41.2 Å². The van der Waals surface area contributed by atoms with Gasteiger partial charge in [-0.3, -0.25) is 9.78 Å². The molecule has 1 heterocycles. The maximum Gasteiger partial charge on any atom is 0.241 e. The van der Waals surface area contributed by atoms with Crippen LogP contribution in [0.25, 0.3) is 0 Å². The molecule has 0 saturated carbocycles. The summed E-state index contributed by atoms with van der Waals surface area (Å²) in [4.78, 5) is 16.7. The van der Waals surface area contributed by atoms with Crippen LogP contribution in [-0.4, -0.2) is 25.4 Å². The lowest BCUT2D eigenvalue weighted by atomic mass is 10.0. The van der Waals surface area contributed by atoms with Crippen LogP contribution in [0.15, 0.2) is 53.7 Å². The number of nitrogens with zero attached hydrogens (tertiary/aromatic N) is 1. The number of aromatic nitrogens is 1. The molecule has 0 bridgehead atoms. The van der Waals surface area contributed by atoms with Crippen molar-refractivity contribution in [3.8, 4) is 0 Å². The molecule has 1 aromatic carbocycles. The Bertz CT molecular complexity index is 848. The molecular weight excluding hydrogens is 362 g/mol. The number of pyridine rings is 1. The number of hydrogen-bond acceptors (Lipinski definition) is 4. The Morgan fingerprint density at radius 1 is 1.07 bits per heavy atom. The first kappa shape index (κ1) is 21.1. The van der Waals surface area contributed by atoms with E-state index in [-0.39, 0.29) is 16.7 Å². The second kappa shape index (κ2) is 9.10. The zero-order chi connectivity index (χ0) is 20.0. The highest BCUT2D eigenvalue weighted by molar-refractivity contribution is 7.89. The van der Waals surface area contributed by atoms with Gasteiger partial charge in [-0.25, -0.2) is 8.42 Å². The quantitative estimate of drug-likeness (QED) is 0.727. The Morgan fingerprint density at radius 3 is 2.26 bits per heavy atom. The molecule has 0 saturated heterocycles. The first-order valence-electron chi connectivity index (χ1n) is 8.99. The molecule has 6 nitrogen and oxygen atoms in total. The second-order valence-corrected chi connectivity index (χ2v) is 8.86. The van der Waals surface area contributed by atoms with Crippen LogP contribution in [0.2, 0.25) is 0 Å². The van der Waals surface area contributed by atoms with Crippen molar-refractivity contribution in [1.29, 1.82) is 0 Å².